The lowest BCUT2D eigenvalue weighted by molar-refractivity contribution is 0.0916. The number of hydrogen-bond acceptors (Lipinski definition) is 4. The molecule has 32 heavy (non-hydrogen) atoms. The molecule has 3 unspecified atom stereocenters. The fourth-order valence-corrected chi connectivity index (χ4v) is 5.22. The fraction of sp³-hybridized carbons (Fsp3) is 0.440. The number of carbonyl (C=O) groups is 2. The zero-order valence-electron chi connectivity index (χ0n) is 18.2. The molecule has 2 aromatic carbocycles. The van der Waals surface area contributed by atoms with Gasteiger partial charge >= 0.3 is 6.09 Å². The number of benzene rings is 2. The van der Waals surface area contributed by atoms with E-state index in [4.69, 9.17) is 4.74 Å². The zero-order valence-corrected chi connectivity index (χ0v) is 18.2. The van der Waals surface area contributed by atoms with Crippen molar-refractivity contribution in [3.8, 4) is 5.75 Å². The first-order valence-electron chi connectivity index (χ1n) is 11.5. The molecule has 2 amide bonds. The second kappa shape index (κ2) is 8.37. The minimum absolute atomic E-state index is 0.0119. The highest BCUT2D eigenvalue weighted by Gasteiger charge is 2.46. The van der Waals surface area contributed by atoms with Gasteiger partial charge in [0.2, 0.25) is 0 Å². The lowest BCUT2D eigenvalue weighted by Gasteiger charge is -2.39. The van der Waals surface area contributed by atoms with Crippen molar-refractivity contribution in [1.29, 1.82) is 0 Å². The Morgan fingerprint density at radius 2 is 1.94 bits per heavy atom. The van der Waals surface area contributed by atoms with Crippen molar-refractivity contribution in [2.45, 2.75) is 50.7 Å². The number of carboxylic acid groups (broad SMARTS) is 1. The van der Waals surface area contributed by atoms with Crippen molar-refractivity contribution < 1.29 is 19.4 Å². The van der Waals surface area contributed by atoms with Gasteiger partial charge in [-0.3, -0.25) is 4.79 Å². The molecule has 2 fully saturated rings. The van der Waals surface area contributed by atoms with Gasteiger partial charge in [0.25, 0.3) is 5.91 Å². The van der Waals surface area contributed by atoms with Crippen molar-refractivity contribution in [2.24, 2.45) is 5.92 Å². The first-order valence-corrected chi connectivity index (χ1v) is 11.5. The summed E-state index contributed by atoms with van der Waals surface area (Å²) in [6.07, 6.45) is 3.06. The number of nitrogens with zero attached hydrogens (tertiary/aromatic N) is 1. The number of nitrogens with one attached hydrogen (secondary N) is 2. The van der Waals surface area contributed by atoms with Gasteiger partial charge in [0.15, 0.2) is 0 Å². The summed E-state index contributed by atoms with van der Waals surface area (Å²) in [5.74, 6) is 0.828. The first-order chi connectivity index (χ1) is 15.5. The normalized spacial score (nSPS) is 24.0. The second-order valence-electron chi connectivity index (χ2n) is 8.90. The number of fused-ring (bicyclic) bond motifs is 3. The predicted octanol–water partition coefficient (Wildman–Crippen LogP) is 4.58. The van der Waals surface area contributed by atoms with Crippen molar-refractivity contribution in [3.63, 3.8) is 0 Å². The lowest BCUT2D eigenvalue weighted by atomic mass is 9.79. The quantitative estimate of drug-likeness (QED) is 0.640. The molecule has 1 aliphatic carbocycles. The topological polar surface area (TPSA) is 90.9 Å². The number of ether oxygens (including phenoxy) is 1. The van der Waals surface area contributed by atoms with E-state index in [-0.39, 0.29) is 30.0 Å². The van der Waals surface area contributed by atoms with Crippen molar-refractivity contribution >= 4 is 17.7 Å². The third-order valence-corrected chi connectivity index (χ3v) is 7.05. The number of amides is 2. The van der Waals surface area contributed by atoms with Crippen LogP contribution in [-0.2, 0) is 0 Å². The Morgan fingerprint density at radius 1 is 1.16 bits per heavy atom. The number of likely N-dealkylation sites (tertiary alicyclic amines) is 1. The average molecular weight is 436 g/mol. The molecule has 168 valence electrons. The Bertz CT molecular complexity index is 1020. The predicted molar refractivity (Wildman–Crippen MR) is 121 cm³/mol. The van der Waals surface area contributed by atoms with E-state index in [2.05, 4.69) is 22.8 Å². The SMILES string of the molecule is CCOc1ccc(C2Nc3ccc(C(=O)NC4CCC4)cc3C3C2CCN3C(=O)O)cc1. The van der Waals surface area contributed by atoms with Crippen LogP contribution in [0.1, 0.15) is 66.2 Å². The van der Waals surface area contributed by atoms with Crippen molar-refractivity contribution in [1.82, 2.24) is 10.2 Å². The summed E-state index contributed by atoms with van der Waals surface area (Å²) < 4.78 is 5.57. The molecule has 3 aliphatic rings. The highest BCUT2D eigenvalue weighted by molar-refractivity contribution is 5.95. The van der Waals surface area contributed by atoms with E-state index >= 15 is 0 Å². The lowest BCUT2D eigenvalue weighted by Crippen LogP contribution is -2.40. The van der Waals surface area contributed by atoms with E-state index in [9.17, 15) is 14.7 Å². The Kier molecular flexibility index (Phi) is 5.41. The van der Waals surface area contributed by atoms with E-state index in [0.29, 0.717) is 18.7 Å². The zero-order chi connectivity index (χ0) is 22.2. The van der Waals surface area contributed by atoms with Crippen LogP contribution >= 0.6 is 0 Å². The van der Waals surface area contributed by atoms with Crippen LogP contribution in [0.25, 0.3) is 0 Å². The molecule has 3 atom stereocenters. The largest absolute Gasteiger partial charge is 0.494 e. The van der Waals surface area contributed by atoms with E-state index in [1.165, 1.54) is 4.90 Å². The summed E-state index contributed by atoms with van der Waals surface area (Å²) in [5, 5.41) is 16.6. The summed E-state index contributed by atoms with van der Waals surface area (Å²) in [5.41, 5.74) is 3.47. The summed E-state index contributed by atoms with van der Waals surface area (Å²) in [6, 6.07) is 13.6. The van der Waals surface area contributed by atoms with Gasteiger partial charge in [-0.1, -0.05) is 12.1 Å². The highest BCUT2D eigenvalue weighted by atomic mass is 16.5. The van der Waals surface area contributed by atoms with Gasteiger partial charge in [-0.25, -0.2) is 4.79 Å². The van der Waals surface area contributed by atoms with E-state index < -0.39 is 6.09 Å². The summed E-state index contributed by atoms with van der Waals surface area (Å²) in [4.78, 5) is 26.3. The number of hydrogen-bond donors (Lipinski definition) is 3. The van der Waals surface area contributed by atoms with Crippen LogP contribution in [0, 0.1) is 5.92 Å². The Hall–Kier alpha value is -3.22. The molecule has 1 saturated heterocycles. The van der Waals surface area contributed by atoms with E-state index in [0.717, 1.165) is 48.2 Å². The molecule has 1 saturated carbocycles. The van der Waals surface area contributed by atoms with Crippen LogP contribution in [0.15, 0.2) is 42.5 Å². The van der Waals surface area contributed by atoms with Gasteiger partial charge in [0, 0.05) is 29.8 Å². The molecular formula is C25H29N3O4. The summed E-state index contributed by atoms with van der Waals surface area (Å²) >= 11 is 0. The maximum atomic E-state index is 12.7. The molecule has 0 radical (unpaired) electrons. The maximum Gasteiger partial charge on any atom is 0.407 e. The third-order valence-electron chi connectivity index (χ3n) is 7.05. The van der Waals surface area contributed by atoms with Crippen LogP contribution < -0.4 is 15.4 Å². The van der Waals surface area contributed by atoms with Crippen LogP contribution in [0.3, 0.4) is 0 Å². The Balaban J connectivity index is 1.48. The maximum absolute atomic E-state index is 12.7. The molecule has 7 heteroatoms. The molecule has 7 nitrogen and oxygen atoms in total. The third kappa shape index (κ3) is 3.66. The van der Waals surface area contributed by atoms with Gasteiger partial charge in [-0.15, -0.1) is 0 Å². The molecule has 0 aromatic heterocycles. The molecule has 2 aliphatic heterocycles. The average Bonchev–Trinajstić information content (AvgIpc) is 3.22. The molecule has 0 spiro atoms. The fourth-order valence-electron chi connectivity index (χ4n) is 5.22. The molecule has 5 rings (SSSR count). The van der Waals surface area contributed by atoms with Crippen LogP contribution in [-0.4, -0.2) is 41.2 Å². The number of anilines is 1. The Morgan fingerprint density at radius 3 is 2.59 bits per heavy atom. The summed E-state index contributed by atoms with van der Waals surface area (Å²) in [7, 11) is 0. The standard InChI is InChI=1S/C25H29N3O4/c1-2-32-18-9-6-15(7-10-18)22-19-12-13-28(25(30)31)23(19)20-14-16(8-11-21(20)27-22)24(29)26-17-4-3-5-17/h6-11,14,17,19,22-23,27H,2-5,12-13H2,1H3,(H,26,29)(H,30,31). The smallest absolute Gasteiger partial charge is 0.407 e. The molecule has 2 heterocycles. The number of carbonyl (C=O) groups excluding carboxylic acids is 1. The van der Waals surface area contributed by atoms with Crippen molar-refractivity contribution in [2.75, 3.05) is 18.5 Å². The van der Waals surface area contributed by atoms with Crippen LogP contribution in [0.2, 0.25) is 0 Å². The van der Waals surface area contributed by atoms with Gasteiger partial charge < -0.3 is 25.4 Å². The van der Waals surface area contributed by atoms with Crippen LogP contribution in [0.5, 0.6) is 5.75 Å². The van der Waals surface area contributed by atoms with Gasteiger partial charge in [-0.2, -0.15) is 0 Å². The molecule has 2 aromatic rings. The van der Waals surface area contributed by atoms with Crippen LogP contribution in [0.4, 0.5) is 10.5 Å². The van der Waals surface area contributed by atoms with Gasteiger partial charge in [0.05, 0.1) is 18.7 Å². The van der Waals surface area contributed by atoms with Gasteiger partial charge in [-0.05, 0) is 74.1 Å². The second-order valence-corrected chi connectivity index (χ2v) is 8.90. The minimum atomic E-state index is -0.917. The van der Waals surface area contributed by atoms with Gasteiger partial charge in [0.1, 0.15) is 5.75 Å². The molecular weight excluding hydrogens is 406 g/mol. The molecule has 3 N–H and O–H groups in total. The van der Waals surface area contributed by atoms with E-state index in [1.54, 1.807) is 0 Å². The monoisotopic (exact) mass is 435 g/mol. The minimum Gasteiger partial charge on any atom is -0.494 e. The Labute approximate surface area is 187 Å². The number of rotatable bonds is 5. The van der Waals surface area contributed by atoms with Crippen molar-refractivity contribution in [3.05, 3.63) is 59.2 Å². The summed E-state index contributed by atoms with van der Waals surface area (Å²) in [6.45, 7) is 3.05. The molecule has 0 bridgehead atoms. The highest BCUT2D eigenvalue weighted by Crippen LogP contribution is 2.51. The first kappa shape index (κ1) is 20.7. The van der Waals surface area contributed by atoms with E-state index in [1.807, 2.05) is 37.3 Å².